The van der Waals surface area contributed by atoms with Crippen LogP contribution in [-0.4, -0.2) is 69.1 Å². The first-order valence-electron chi connectivity index (χ1n) is 15.9. The molecule has 14 heteroatoms. The summed E-state index contributed by atoms with van der Waals surface area (Å²) in [6.45, 7) is 9.08. The van der Waals surface area contributed by atoms with E-state index in [0.717, 1.165) is 5.56 Å². The molecule has 1 fully saturated rings. The first-order valence-corrected chi connectivity index (χ1v) is 15.9. The molecule has 2 aromatic heterocycles. The molecule has 2 aliphatic rings. The maximum Gasteiger partial charge on any atom is 0.276 e. The maximum absolute atomic E-state index is 14.0. The molecule has 5 amide bonds. The monoisotopic (exact) mass is 647 g/mol. The smallest absolute Gasteiger partial charge is 0.276 e. The van der Waals surface area contributed by atoms with Crippen molar-refractivity contribution in [1.29, 1.82) is 0 Å². The third-order valence-corrected chi connectivity index (χ3v) is 8.19. The van der Waals surface area contributed by atoms with Crippen LogP contribution in [0.2, 0.25) is 0 Å². The number of oxazole rings is 2. The zero-order valence-corrected chi connectivity index (χ0v) is 27.1. The number of nitrogens with zero attached hydrogens (tertiary/aromatic N) is 3. The number of carbonyl (C=O) groups is 5. The van der Waals surface area contributed by atoms with Gasteiger partial charge in [-0.1, -0.05) is 58.0 Å². The molecule has 1 aromatic carbocycles. The molecule has 5 rings (SSSR count). The number of carbonyl (C=O) groups excluding carboxylic acids is 5. The van der Waals surface area contributed by atoms with E-state index in [9.17, 15) is 24.0 Å². The zero-order valence-electron chi connectivity index (χ0n) is 27.1. The first-order chi connectivity index (χ1) is 22.4. The molecule has 1 saturated heterocycles. The Morgan fingerprint density at radius 2 is 1.60 bits per heavy atom. The molecule has 0 aliphatic carbocycles. The summed E-state index contributed by atoms with van der Waals surface area (Å²) in [6, 6.07) is 5.40. The molecular formula is C33H41N7O7. The van der Waals surface area contributed by atoms with E-state index in [1.165, 1.54) is 17.4 Å². The van der Waals surface area contributed by atoms with Crippen molar-refractivity contribution in [2.45, 2.75) is 84.1 Å². The number of aromatic nitrogens is 2. The fourth-order valence-corrected chi connectivity index (χ4v) is 5.69. The fraction of sp³-hybridized carbons (Fsp3) is 0.485. The van der Waals surface area contributed by atoms with E-state index >= 15 is 0 Å². The van der Waals surface area contributed by atoms with Crippen LogP contribution in [0.5, 0.6) is 0 Å². The maximum atomic E-state index is 14.0. The lowest BCUT2D eigenvalue weighted by Gasteiger charge is -2.25. The van der Waals surface area contributed by atoms with Crippen LogP contribution in [0, 0.1) is 11.8 Å². The molecule has 0 spiro atoms. The Bertz CT molecular complexity index is 1620. The lowest BCUT2D eigenvalue weighted by Crippen LogP contribution is -2.48. The SMILES string of the molecule is CC(C)C[C@H]1NC(=O)c2coc(n2)[C@H](Cc2ccccc2)NC(=O)[C@@H]2C[C@H](NC(=O)C(C)C)CN2C(=O)c2coc(n2)[C@@H](C)NC1=O. The van der Waals surface area contributed by atoms with Gasteiger partial charge in [0.15, 0.2) is 11.4 Å². The van der Waals surface area contributed by atoms with E-state index < -0.39 is 53.8 Å². The second kappa shape index (κ2) is 14.2. The molecular weight excluding hydrogens is 606 g/mol. The van der Waals surface area contributed by atoms with Gasteiger partial charge in [-0.3, -0.25) is 24.0 Å². The molecule has 47 heavy (non-hydrogen) atoms. The van der Waals surface area contributed by atoms with Crippen molar-refractivity contribution in [2.24, 2.45) is 11.8 Å². The number of hydrogen-bond acceptors (Lipinski definition) is 9. The van der Waals surface area contributed by atoms with Crippen LogP contribution >= 0.6 is 0 Å². The van der Waals surface area contributed by atoms with Crippen molar-refractivity contribution in [3.05, 3.63) is 71.6 Å². The summed E-state index contributed by atoms with van der Waals surface area (Å²) >= 11 is 0. The summed E-state index contributed by atoms with van der Waals surface area (Å²) < 4.78 is 11.3. The average molecular weight is 648 g/mol. The minimum atomic E-state index is -0.982. The van der Waals surface area contributed by atoms with Gasteiger partial charge in [-0.15, -0.1) is 0 Å². The number of benzene rings is 1. The van der Waals surface area contributed by atoms with E-state index in [4.69, 9.17) is 8.83 Å². The fourth-order valence-electron chi connectivity index (χ4n) is 5.69. The second-order valence-electron chi connectivity index (χ2n) is 12.8. The number of rotatable bonds is 6. The van der Waals surface area contributed by atoms with Gasteiger partial charge >= 0.3 is 0 Å². The van der Waals surface area contributed by atoms with Crippen molar-refractivity contribution in [1.82, 2.24) is 36.1 Å². The van der Waals surface area contributed by atoms with Crippen LogP contribution in [0.15, 0.2) is 51.7 Å². The molecule has 5 atom stereocenters. The van der Waals surface area contributed by atoms with E-state index in [2.05, 4.69) is 31.2 Å². The van der Waals surface area contributed by atoms with Gasteiger partial charge in [0, 0.05) is 24.9 Å². The quantitative estimate of drug-likeness (QED) is 0.312. The van der Waals surface area contributed by atoms with Crippen LogP contribution in [0.1, 0.15) is 97.9 Å². The number of nitrogens with one attached hydrogen (secondary N) is 4. The van der Waals surface area contributed by atoms with Gasteiger partial charge in [0.1, 0.15) is 36.7 Å². The van der Waals surface area contributed by atoms with Crippen LogP contribution in [0.4, 0.5) is 0 Å². The van der Waals surface area contributed by atoms with Gasteiger partial charge in [0.25, 0.3) is 11.8 Å². The molecule has 0 unspecified atom stereocenters. The highest BCUT2D eigenvalue weighted by atomic mass is 16.3. The Hall–Kier alpha value is -5.01. The van der Waals surface area contributed by atoms with E-state index in [1.807, 2.05) is 44.2 Å². The van der Waals surface area contributed by atoms with Crippen LogP contribution in [-0.2, 0) is 20.8 Å². The van der Waals surface area contributed by atoms with Gasteiger partial charge in [-0.25, -0.2) is 9.97 Å². The van der Waals surface area contributed by atoms with Crippen LogP contribution in [0.3, 0.4) is 0 Å². The van der Waals surface area contributed by atoms with Crippen LogP contribution in [0.25, 0.3) is 0 Å². The van der Waals surface area contributed by atoms with E-state index in [-0.39, 0.29) is 60.3 Å². The lowest BCUT2D eigenvalue weighted by atomic mass is 10.0. The summed E-state index contributed by atoms with van der Waals surface area (Å²) in [5.41, 5.74) is 0.749. The third-order valence-electron chi connectivity index (χ3n) is 8.19. The predicted octanol–water partition coefficient (Wildman–Crippen LogP) is 2.45. The zero-order chi connectivity index (χ0) is 33.8. The molecule has 250 valence electrons. The van der Waals surface area contributed by atoms with Gasteiger partial charge in [-0.05, 0) is 31.2 Å². The minimum absolute atomic E-state index is 0.0546. The Morgan fingerprint density at radius 3 is 2.30 bits per heavy atom. The van der Waals surface area contributed by atoms with E-state index in [1.54, 1.807) is 20.8 Å². The molecule has 14 nitrogen and oxygen atoms in total. The van der Waals surface area contributed by atoms with Crippen molar-refractivity contribution < 1.29 is 32.8 Å². The molecule has 4 N–H and O–H groups in total. The van der Waals surface area contributed by atoms with Crippen molar-refractivity contribution in [3.63, 3.8) is 0 Å². The van der Waals surface area contributed by atoms with E-state index in [0.29, 0.717) is 6.42 Å². The average Bonchev–Trinajstić information content (AvgIpc) is 3.80. The largest absolute Gasteiger partial charge is 0.446 e. The summed E-state index contributed by atoms with van der Waals surface area (Å²) in [5, 5.41) is 11.5. The Morgan fingerprint density at radius 1 is 0.915 bits per heavy atom. The standard InChI is InChI=1S/C33H41N7O7/c1-17(2)11-22-28(42)34-19(5)31-39-25(16-46-31)33(45)40-14-21(35-27(41)18(3)4)13-26(40)30(44)37-23(12-20-9-7-6-8-10-20)32-38-24(15-47-32)29(43)36-22/h6-10,15-19,21-23,26H,11-14H2,1-5H3,(H,34,42)(H,35,41)(H,36,43)(H,37,44)/t19-,21+,22-,23+,26+/m1/s1. The Labute approximate surface area is 272 Å². The molecule has 2 aliphatic heterocycles. The second-order valence-corrected chi connectivity index (χ2v) is 12.8. The van der Waals surface area contributed by atoms with Gasteiger partial charge in [0.05, 0.1) is 0 Å². The van der Waals surface area contributed by atoms with Gasteiger partial charge in [0.2, 0.25) is 29.5 Å². The highest BCUT2D eigenvalue weighted by Crippen LogP contribution is 2.25. The first kappa shape index (κ1) is 33.4. The van der Waals surface area contributed by atoms with Crippen LogP contribution < -0.4 is 21.3 Å². The molecule has 0 radical (unpaired) electrons. The predicted molar refractivity (Wildman–Crippen MR) is 168 cm³/mol. The molecule has 0 saturated carbocycles. The summed E-state index contributed by atoms with van der Waals surface area (Å²) in [6.07, 6.45) is 3.13. The minimum Gasteiger partial charge on any atom is -0.446 e. The third kappa shape index (κ3) is 7.87. The summed E-state index contributed by atoms with van der Waals surface area (Å²) in [5.74, 6) is -2.42. The highest BCUT2D eigenvalue weighted by molar-refractivity contribution is 5.97. The topological polar surface area (TPSA) is 189 Å². The number of amides is 5. The summed E-state index contributed by atoms with van der Waals surface area (Å²) in [4.78, 5) is 77.3. The lowest BCUT2D eigenvalue weighted by molar-refractivity contribution is -0.126. The van der Waals surface area contributed by atoms with Gasteiger partial charge < -0.3 is 35.0 Å². The normalized spacial score (nSPS) is 23.9. The van der Waals surface area contributed by atoms with Crippen molar-refractivity contribution >= 4 is 29.5 Å². The molecule has 4 heterocycles. The molecule has 3 aromatic rings. The Balaban J connectivity index is 1.53. The number of hydrogen-bond donors (Lipinski definition) is 4. The van der Waals surface area contributed by atoms with Crippen molar-refractivity contribution in [2.75, 3.05) is 6.54 Å². The van der Waals surface area contributed by atoms with Crippen molar-refractivity contribution in [3.8, 4) is 0 Å². The number of fused-ring (bicyclic) bond motifs is 5. The highest BCUT2D eigenvalue weighted by Gasteiger charge is 2.42. The summed E-state index contributed by atoms with van der Waals surface area (Å²) in [7, 11) is 0. The molecule has 4 bridgehead atoms. The Kier molecular flexibility index (Phi) is 10.1. The van der Waals surface area contributed by atoms with Gasteiger partial charge in [-0.2, -0.15) is 0 Å².